The van der Waals surface area contributed by atoms with E-state index >= 15 is 0 Å². The van der Waals surface area contributed by atoms with E-state index in [2.05, 4.69) is 22.0 Å². The van der Waals surface area contributed by atoms with Crippen LogP contribution in [0.4, 0.5) is 5.69 Å². The maximum atomic E-state index is 12.9. The molecule has 2 rings (SSSR count). The van der Waals surface area contributed by atoms with Crippen molar-refractivity contribution in [2.75, 3.05) is 18.1 Å². The van der Waals surface area contributed by atoms with Gasteiger partial charge in [0.15, 0.2) is 0 Å². The van der Waals surface area contributed by atoms with Gasteiger partial charge in [-0.15, -0.1) is 0 Å². The fourth-order valence-corrected chi connectivity index (χ4v) is 2.96. The number of halogens is 2. The molecule has 0 unspecified atom stereocenters. The van der Waals surface area contributed by atoms with Crippen molar-refractivity contribution >= 4 is 39.1 Å². The summed E-state index contributed by atoms with van der Waals surface area (Å²) in [6.07, 6.45) is 0.229. The van der Waals surface area contributed by atoms with Crippen molar-refractivity contribution < 1.29 is 9.53 Å². The Balaban J connectivity index is 2.33. The van der Waals surface area contributed by atoms with Crippen LogP contribution in [0.5, 0.6) is 5.75 Å². The summed E-state index contributed by atoms with van der Waals surface area (Å²) < 4.78 is 6.22. The Morgan fingerprint density at radius 3 is 2.58 bits per heavy atom. The lowest BCUT2D eigenvalue weighted by atomic mass is 10.1. The second kappa shape index (κ2) is 8.72. The molecule has 0 saturated heterocycles. The quantitative estimate of drug-likeness (QED) is 0.672. The Hall–Kier alpha value is -2.03. The van der Waals surface area contributed by atoms with Crippen LogP contribution in [0.15, 0.2) is 46.9 Å². The van der Waals surface area contributed by atoms with Gasteiger partial charge in [0.1, 0.15) is 5.75 Å². The third kappa shape index (κ3) is 4.50. The van der Waals surface area contributed by atoms with Gasteiger partial charge in [-0.05, 0) is 49.4 Å². The monoisotopic (exact) mass is 406 g/mol. The minimum absolute atomic E-state index is 0.229. The van der Waals surface area contributed by atoms with Gasteiger partial charge in [-0.2, -0.15) is 5.26 Å². The first-order valence-electron chi connectivity index (χ1n) is 7.43. The van der Waals surface area contributed by atoms with Crippen molar-refractivity contribution in [3.05, 3.63) is 57.5 Å². The topological polar surface area (TPSA) is 53.3 Å². The molecule has 0 fully saturated rings. The number of anilines is 1. The van der Waals surface area contributed by atoms with E-state index in [0.717, 1.165) is 10.2 Å². The highest BCUT2D eigenvalue weighted by Gasteiger charge is 2.20. The first-order valence-corrected chi connectivity index (χ1v) is 8.60. The highest BCUT2D eigenvalue weighted by molar-refractivity contribution is 9.10. The molecule has 0 spiro atoms. The minimum Gasteiger partial charge on any atom is -0.494 e. The smallest absolute Gasteiger partial charge is 0.259 e. The van der Waals surface area contributed by atoms with Crippen molar-refractivity contribution in [2.45, 2.75) is 13.3 Å². The van der Waals surface area contributed by atoms with E-state index in [1.807, 2.05) is 6.92 Å². The van der Waals surface area contributed by atoms with Gasteiger partial charge in [-0.1, -0.05) is 27.5 Å². The number of nitrogens with zero attached hydrogens (tertiary/aromatic N) is 2. The predicted octanol–water partition coefficient (Wildman–Crippen LogP) is 5.06. The van der Waals surface area contributed by atoms with Crippen LogP contribution in [0.25, 0.3) is 0 Å². The SMILES string of the molecule is CCOc1ccc(N(CCC#N)C(=O)c2ccc(Br)cc2Cl)cc1. The van der Waals surface area contributed by atoms with Gasteiger partial charge in [-0.3, -0.25) is 4.79 Å². The molecule has 0 aliphatic heterocycles. The minimum atomic E-state index is -0.244. The number of amides is 1. The zero-order valence-corrected chi connectivity index (χ0v) is 15.5. The van der Waals surface area contributed by atoms with Gasteiger partial charge in [0, 0.05) is 16.7 Å². The predicted molar refractivity (Wildman–Crippen MR) is 98.7 cm³/mol. The number of hydrogen-bond acceptors (Lipinski definition) is 3. The molecule has 0 aliphatic carbocycles. The second-order valence-electron chi connectivity index (χ2n) is 4.92. The lowest BCUT2D eigenvalue weighted by Gasteiger charge is -2.22. The van der Waals surface area contributed by atoms with Crippen LogP contribution in [-0.2, 0) is 0 Å². The average Bonchev–Trinajstić information content (AvgIpc) is 2.56. The molecule has 124 valence electrons. The molecule has 2 aromatic rings. The number of rotatable bonds is 6. The van der Waals surface area contributed by atoms with Crippen molar-refractivity contribution in [1.82, 2.24) is 0 Å². The van der Waals surface area contributed by atoms with Crippen LogP contribution in [-0.4, -0.2) is 19.1 Å². The maximum Gasteiger partial charge on any atom is 0.259 e. The average molecular weight is 408 g/mol. The summed E-state index contributed by atoms with van der Waals surface area (Å²) in [6, 6.07) is 14.4. The van der Waals surface area contributed by atoms with E-state index in [9.17, 15) is 4.79 Å². The summed E-state index contributed by atoms with van der Waals surface area (Å²) in [5.74, 6) is 0.488. The molecule has 2 aromatic carbocycles. The van der Waals surface area contributed by atoms with E-state index in [0.29, 0.717) is 22.9 Å². The van der Waals surface area contributed by atoms with E-state index in [-0.39, 0.29) is 18.9 Å². The molecule has 1 amide bonds. The molecule has 6 heteroatoms. The van der Waals surface area contributed by atoms with Gasteiger partial charge in [0.05, 0.1) is 29.7 Å². The Kier molecular flexibility index (Phi) is 6.65. The number of nitriles is 1. The number of ether oxygens (including phenoxy) is 1. The van der Waals surface area contributed by atoms with E-state index in [4.69, 9.17) is 21.6 Å². The van der Waals surface area contributed by atoms with E-state index in [1.54, 1.807) is 47.4 Å². The van der Waals surface area contributed by atoms with Crippen molar-refractivity contribution in [3.63, 3.8) is 0 Å². The summed E-state index contributed by atoms with van der Waals surface area (Å²) >= 11 is 9.52. The fraction of sp³-hybridized carbons (Fsp3) is 0.222. The van der Waals surface area contributed by atoms with Gasteiger partial charge in [0.2, 0.25) is 0 Å². The third-order valence-corrected chi connectivity index (χ3v) is 4.12. The van der Waals surface area contributed by atoms with Gasteiger partial charge >= 0.3 is 0 Å². The van der Waals surface area contributed by atoms with E-state index in [1.165, 1.54) is 0 Å². The van der Waals surface area contributed by atoms with Crippen LogP contribution < -0.4 is 9.64 Å². The molecule has 0 aliphatic rings. The highest BCUT2D eigenvalue weighted by atomic mass is 79.9. The second-order valence-corrected chi connectivity index (χ2v) is 6.24. The Labute approximate surface area is 154 Å². The first-order chi connectivity index (χ1) is 11.6. The molecule has 0 bridgehead atoms. The molecule has 0 aromatic heterocycles. The van der Waals surface area contributed by atoms with Crippen LogP contribution in [0.1, 0.15) is 23.7 Å². The van der Waals surface area contributed by atoms with Gasteiger partial charge in [-0.25, -0.2) is 0 Å². The molecule has 0 saturated carbocycles. The number of hydrogen-bond donors (Lipinski definition) is 0. The van der Waals surface area contributed by atoms with Gasteiger partial charge in [0.25, 0.3) is 5.91 Å². The molecule has 0 heterocycles. The van der Waals surface area contributed by atoms with Crippen LogP contribution in [0, 0.1) is 11.3 Å². The normalized spacial score (nSPS) is 10.1. The lowest BCUT2D eigenvalue weighted by molar-refractivity contribution is 0.0987. The molecular formula is C18H16BrClN2O2. The van der Waals surface area contributed by atoms with Crippen molar-refractivity contribution in [2.24, 2.45) is 0 Å². The van der Waals surface area contributed by atoms with Crippen LogP contribution >= 0.6 is 27.5 Å². The molecule has 0 radical (unpaired) electrons. The highest BCUT2D eigenvalue weighted by Crippen LogP contribution is 2.26. The number of benzene rings is 2. The number of carbonyl (C=O) groups is 1. The Morgan fingerprint density at radius 1 is 1.29 bits per heavy atom. The van der Waals surface area contributed by atoms with E-state index < -0.39 is 0 Å². The van der Waals surface area contributed by atoms with Crippen LogP contribution in [0.3, 0.4) is 0 Å². The maximum absolute atomic E-state index is 12.9. The fourth-order valence-electron chi connectivity index (χ4n) is 2.21. The summed E-state index contributed by atoms with van der Waals surface area (Å²) in [5.41, 5.74) is 1.09. The summed E-state index contributed by atoms with van der Waals surface area (Å²) in [4.78, 5) is 14.4. The molecule has 24 heavy (non-hydrogen) atoms. The summed E-state index contributed by atoms with van der Waals surface area (Å²) in [7, 11) is 0. The molecular weight excluding hydrogens is 392 g/mol. The van der Waals surface area contributed by atoms with Crippen molar-refractivity contribution in [3.8, 4) is 11.8 Å². The zero-order valence-electron chi connectivity index (χ0n) is 13.1. The Morgan fingerprint density at radius 2 is 2.00 bits per heavy atom. The summed E-state index contributed by atoms with van der Waals surface area (Å²) in [6.45, 7) is 2.77. The molecule has 4 nitrogen and oxygen atoms in total. The van der Waals surface area contributed by atoms with Gasteiger partial charge < -0.3 is 9.64 Å². The zero-order chi connectivity index (χ0) is 17.5. The first kappa shape index (κ1) is 18.3. The van der Waals surface area contributed by atoms with Crippen LogP contribution in [0.2, 0.25) is 5.02 Å². The third-order valence-electron chi connectivity index (χ3n) is 3.31. The largest absolute Gasteiger partial charge is 0.494 e. The lowest BCUT2D eigenvalue weighted by Crippen LogP contribution is -2.32. The Bertz CT molecular complexity index is 757. The molecule has 0 atom stereocenters. The molecule has 0 N–H and O–H groups in total. The standard InChI is InChI=1S/C18H16BrClN2O2/c1-2-24-15-7-5-14(6-8-15)22(11-3-10-21)18(23)16-9-4-13(19)12-17(16)20/h4-9,12H,2-3,11H2,1H3. The van der Waals surface area contributed by atoms with Crippen molar-refractivity contribution in [1.29, 1.82) is 5.26 Å². The number of carbonyl (C=O) groups excluding carboxylic acids is 1. The summed E-state index contributed by atoms with van der Waals surface area (Å²) in [5, 5.41) is 9.24.